The number of carbonyl (C=O) groups excluding carboxylic acids is 1. The molecule has 1 saturated carbocycles. The first kappa shape index (κ1) is 32.4. The van der Waals surface area contributed by atoms with Gasteiger partial charge in [-0.15, -0.1) is 0 Å². The van der Waals surface area contributed by atoms with E-state index in [0.29, 0.717) is 56.8 Å². The first-order valence-electron chi connectivity index (χ1n) is 14.3. The molecule has 0 saturated heterocycles. The van der Waals surface area contributed by atoms with Crippen LogP contribution in [-0.2, 0) is 29.3 Å². The predicted octanol–water partition coefficient (Wildman–Crippen LogP) is 5.25. The molecule has 1 amide bonds. The van der Waals surface area contributed by atoms with Crippen molar-refractivity contribution in [2.45, 2.75) is 70.2 Å². The molecule has 1 fully saturated rings. The molecule has 4 aromatic rings. The fourth-order valence-electron chi connectivity index (χ4n) is 5.05. The van der Waals surface area contributed by atoms with Crippen molar-refractivity contribution in [3.05, 3.63) is 81.0 Å². The van der Waals surface area contributed by atoms with Crippen LogP contribution in [0.2, 0.25) is 0 Å². The number of benzene rings is 2. The second-order valence-corrected chi connectivity index (χ2v) is 14.7. The molecule has 2 aromatic heterocycles. The summed E-state index contributed by atoms with van der Waals surface area (Å²) in [7, 11) is -4.28. The van der Waals surface area contributed by atoms with Gasteiger partial charge in [0.25, 0.3) is 5.91 Å². The van der Waals surface area contributed by atoms with Crippen LogP contribution in [0.25, 0.3) is 16.4 Å². The average molecular weight is 658 g/mol. The fourth-order valence-corrected chi connectivity index (χ4v) is 6.60. The van der Waals surface area contributed by atoms with Gasteiger partial charge in [0.1, 0.15) is 16.5 Å². The largest absolute Gasteiger partial charge is 0.476 e. The van der Waals surface area contributed by atoms with Crippen LogP contribution in [0, 0.1) is 17.6 Å². The van der Waals surface area contributed by atoms with Crippen LogP contribution in [0.1, 0.15) is 83.1 Å². The molecular weight excluding hydrogens is 625 g/mol. The second-order valence-electron chi connectivity index (χ2n) is 12.1. The minimum atomic E-state index is -4.28. The van der Waals surface area contributed by atoms with Crippen LogP contribution < -0.4 is 10.5 Å². The normalized spacial score (nSPS) is 13.7. The van der Waals surface area contributed by atoms with Gasteiger partial charge in [-0.25, -0.2) is 36.8 Å². The summed E-state index contributed by atoms with van der Waals surface area (Å²) in [6.07, 6.45) is 3.05. The number of carboxylic acids is 1. The van der Waals surface area contributed by atoms with Gasteiger partial charge in [-0.2, -0.15) is 5.10 Å². The van der Waals surface area contributed by atoms with Crippen molar-refractivity contribution in [1.82, 2.24) is 20.1 Å². The fraction of sp³-hybridized carbons (Fsp3) is 0.355. The molecule has 0 atom stereocenters. The van der Waals surface area contributed by atoms with Gasteiger partial charge < -0.3 is 10.4 Å². The number of hydrogen-bond donors (Lipinski definition) is 3. The van der Waals surface area contributed by atoms with Crippen molar-refractivity contribution in [1.29, 1.82) is 0 Å². The van der Waals surface area contributed by atoms with E-state index in [4.69, 9.17) is 10.2 Å². The molecule has 2 heterocycles. The lowest BCUT2D eigenvalue weighted by Crippen LogP contribution is -2.40. The van der Waals surface area contributed by atoms with E-state index in [1.165, 1.54) is 35.6 Å². The number of sulfonamides is 1. The molecular formula is C31H33F2N5O5S2. The van der Waals surface area contributed by atoms with Gasteiger partial charge in [0.15, 0.2) is 5.69 Å². The Morgan fingerprint density at radius 2 is 1.84 bits per heavy atom. The Hall–Kier alpha value is -4.01. The van der Waals surface area contributed by atoms with Gasteiger partial charge in [-0.1, -0.05) is 24.3 Å². The van der Waals surface area contributed by atoms with E-state index in [0.717, 1.165) is 25.0 Å². The molecule has 2 aromatic carbocycles. The zero-order valence-corrected chi connectivity index (χ0v) is 26.8. The number of carboxylic acid groups (broad SMARTS) is 1. The number of primary sulfonamides is 1. The van der Waals surface area contributed by atoms with Crippen molar-refractivity contribution in [3.8, 4) is 16.4 Å². The molecule has 0 spiro atoms. The van der Waals surface area contributed by atoms with Crippen molar-refractivity contribution >= 4 is 33.2 Å². The van der Waals surface area contributed by atoms with Crippen LogP contribution in [0.5, 0.6) is 0 Å². The number of hydrogen-bond acceptors (Lipinski definition) is 7. The number of aryl methyl sites for hydroxylation is 1. The summed E-state index contributed by atoms with van der Waals surface area (Å²) in [6, 6.07) is 7.73. The van der Waals surface area contributed by atoms with Crippen molar-refractivity contribution in [3.63, 3.8) is 0 Å². The summed E-state index contributed by atoms with van der Waals surface area (Å²) in [4.78, 5) is 29.3. The first-order chi connectivity index (χ1) is 21.1. The molecule has 5 rings (SSSR count). The summed E-state index contributed by atoms with van der Waals surface area (Å²) in [5.41, 5.74) is 1.66. The van der Waals surface area contributed by atoms with E-state index >= 15 is 0 Å². The highest BCUT2D eigenvalue weighted by Gasteiger charge is 2.31. The Morgan fingerprint density at radius 1 is 1.13 bits per heavy atom. The quantitative estimate of drug-likeness (QED) is 0.210. The minimum Gasteiger partial charge on any atom is -0.476 e. The highest BCUT2D eigenvalue weighted by molar-refractivity contribution is 7.89. The average Bonchev–Trinajstić information content (AvgIpc) is 3.54. The van der Waals surface area contributed by atoms with Crippen LogP contribution in [-0.4, -0.2) is 45.7 Å². The minimum absolute atomic E-state index is 0.0722. The van der Waals surface area contributed by atoms with Gasteiger partial charge in [0.2, 0.25) is 15.2 Å². The number of aromatic carboxylic acids is 1. The van der Waals surface area contributed by atoms with E-state index in [9.17, 15) is 31.9 Å². The van der Waals surface area contributed by atoms with Gasteiger partial charge in [-0.05, 0) is 88.3 Å². The van der Waals surface area contributed by atoms with Crippen molar-refractivity contribution < 1.29 is 31.9 Å². The van der Waals surface area contributed by atoms with Crippen molar-refractivity contribution in [2.75, 3.05) is 0 Å². The number of thiazole rings is 1. The lowest BCUT2D eigenvalue weighted by molar-refractivity contribution is 0.0689. The molecule has 10 nitrogen and oxygen atoms in total. The molecule has 238 valence electrons. The Bertz CT molecular complexity index is 1920. The second kappa shape index (κ2) is 12.1. The summed E-state index contributed by atoms with van der Waals surface area (Å²) in [5, 5.41) is 22.9. The van der Waals surface area contributed by atoms with Crippen LogP contribution in [0.4, 0.5) is 8.78 Å². The van der Waals surface area contributed by atoms with E-state index in [-0.39, 0.29) is 17.7 Å². The van der Waals surface area contributed by atoms with Gasteiger partial charge >= 0.3 is 5.97 Å². The highest BCUT2D eigenvalue weighted by atomic mass is 32.2. The SMILES string of the molecule is CCc1sc(-n2nc(-c3ccc(F)c(C(=O)NC(C)(C)C)c3)c(Cc3ccc(S(N)(=O)=O)c(F)c3)c2CC2CC2)nc1C(=O)O. The number of nitrogens with zero attached hydrogens (tertiary/aromatic N) is 3. The zero-order chi connectivity index (χ0) is 32.8. The topological polar surface area (TPSA) is 157 Å². The van der Waals surface area contributed by atoms with Gasteiger partial charge in [-0.3, -0.25) is 4.79 Å². The molecule has 0 unspecified atom stereocenters. The maximum Gasteiger partial charge on any atom is 0.355 e. The summed E-state index contributed by atoms with van der Waals surface area (Å²) in [5.74, 6) is -3.17. The monoisotopic (exact) mass is 657 g/mol. The summed E-state index contributed by atoms with van der Waals surface area (Å²) >= 11 is 1.19. The van der Waals surface area contributed by atoms with E-state index in [1.807, 2.05) is 6.92 Å². The van der Waals surface area contributed by atoms with Crippen LogP contribution >= 0.6 is 11.3 Å². The standard InChI is InChI=1S/C31H33F2N5O5S2/c1-5-24-27(29(40)41)35-30(44-24)38-23(14-16-6-7-16)20(12-17-8-11-25(22(33)13-17)45(34,42)43)26(37-38)18-9-10-21(32)19(15-18)28(39)36-31(2,3)4/h8-11,13,15-16H,5-7,12,14H2,1-4H3,(H,36,39)(H,40,41)(H2,34,42,43). The molecule has 0 aliphatic heterocycles. The molecule has 14 heteroatoms. The smallest absolute Gasteiger partial charge is 0.355 e. The molecule has 0 radical (unpaired) electrons. The number of nitrogens with two attached hydrogens (primary N) is 1. The molecule has 1 aliphatic rings. The number of rotatable bonds is 10. The maximum atomic E-state index is 15.0. The zero-order valence-electron chi connectivity index (χ0n) is 25.1. The number of halogens is 2. The van der Waals surface area contributed by atoms with E-state index in [2.05, 4.69) is 10.3 Å². The predicted molar refractivity (Wildman–Crippen MR) is 165 cm³/mol. The lowest BCUT2D eigenvalue weighted by Gasteiger charge is -2.20. The number of amides is 1. The summed E-state index contributed by atoms with van der Waals surface area (Å²) in [6.45, 7) is 7.17. The Kier molecular flexibility index (Phi) is 8.68. The number of aromatic nitrogens is 3. The third kappa shape index (κ3) is 7.13. The molecule has 1 aliphatic carbocycles. The van der Waals surface area contributed by atoms with Gasteiger partial charge in [0.05, 0.1) is 17.0 Å². The van der Waals surface area contributed by atoms with Crippen LogP contribution in [0.15, 0.2) is 41.3 Å². The van der Waals surface area contributed by atoms with Crippen LogP contribution in [0.3, 0.4) is 0 Å². The Labute approximate surface area is 263 Å². The molecule has 45 heavy (non-hydrogen) atoms. The molecule has 0 bridgehead atoms. The summed E-state index contributed by atoms with van der Waals surface area (Å²) < 4.78 is 55.1. The van der Waals surface area contributed by atoms with Gasteiger partial charge in [0, 0.05) is 28.0 Å². The first-order valence-corrected chi connectivity index (χ1v) is 16.7. The van der Waals surface area contributed by atoms with Crippen molar-refractivity contribution in [2.24, 2.45) is 11.1 Å². The number of nitrogens with one attached hydrogen (secondary N) is 1. The molecule has 4 N–H and O–H groups in total. The Morgan fingerprint density at radius 3 is 2.40 bits per heavy atom. The third-order valence-corrected chi connectivity index (χ3v) is 9.44. The van der Waals surface area contributed by atoms with E-state index in [1.54, 1.807) is 25.5 Å². The Balaban J connectivity index is 1.72. The highest BCUT2D eigenvalue weighted by Crippen LogP contribution is 2.39. The number of carbonyl (C=O) groups is 2. The maximum absolute atomic E-state index is 15.0. The third-order valence-electron chi connectivity index (χ3n) is 7.32. The lowest BCUT2D eigenvalue weighted by atomic mass is 9.96. The van der Waals surface area contributed by atoms with E-state index < -0.39 is 44.0 Å².